The molecule has 2 rings (SSSR count). The van der Waals surface area contributed by atoms with Gasteiger partial charge in [0, 0.05) is 11.7 Å². The minimum atomic E-state index is -0.450. The number of rotatable bonds is 2. The Balaban J connectivity index is 2.12. The van der Waals surface area contributed by atoms with Gasteiger partial charge in [-0.2, -0.15) is 0 Å². The van der Waals surface area contributed by atoms with E-state index in [4.69, 9.17) is 5.73 Å². The van der Waals surface area contributed by atoms with Crippen LogP contribution >= 0.6 is 0 Å². The quantitative estimate of drug-likeness (QED) is 0.751. The van der Waals surface area contributed by atoms with Gasteiger partial charge in [-0.05, 0) is 30.0 Å². The van der Waals surface area contributed by atoms with Gasteiger partial charge in [-0.25, -0.2) is 4.39 Å². The molecule has 86 valence electrons. The lowest BCUT2D eigenvalue weighted by molar-refractivity contribution is 0.0947. The number of nitrogens with two attached hydrogens (primary N) is 1. The maximum absolute atomic E-state index is 13.0. The fourth-order valence-corrected chi connectivity index (χ4v) is 1.67. The zero-order valence-corrected chi connectivity index (χ0v) is 9.38. The molecule has 3 N–H and O–H groups in total. The number of hydrogen-bond acceptors (Lipinski definition) is 2. The summed E-state index contributed by atoms with van der Waals surface area (Å²) in [6, 6.07) is 3.98. The van der Waals surface area contributed by atoms with E-state index in [0.717, 1.165) is 6.42 Å². The van der Waals surface area contributed by atoms with E-state index in [1.54, 1.807) is 0 Å². The molecule has 0 spiro atoms. The Kier molecular flexibility index (Phi) is 2.37. The maximum atomic E-state index is 13.0. The zero-order chi connectivity index (χ0) is 11.9. The standard InChI is InChI=1S/C12H15FN2O/c1-12(2)6-10(12)15-11(16)8-5-7(13)3-4-9(8)14/h3-5,10H,6,14H2,1-2H3,(H,15,16). The van der Waals surface area contributed by atoms with Crippen molar-refractivity contribution in [2.45, 2.75) is 26.3 Å². The molecule has 0 saturated heterocycles. The average Bonchev–Trinajstić information content (AvgIpc) is 2.77. The Morgan fingerprint density at radius 3 is 2.75 bits per heavy atom. The van der Waals surface area contributed by atoms with Crippen LogP contribution < -0.4 is 11.1 Å². The molecule has 0 radical (unpaired) electrons. The van der Waals surface area contributed by atoms with Crippen LogP contribution in [-0.4, -0.2) is 11.9 Å². The van der Waals surface area contributed by atoms with E-state index in [9.17, 15) is 9.18 Å². The molecule has 1 aliphatic rings. The number of halogens is 1. The molecule has 0 aromatic heterocycles. The zero-order valence-electron chi connectivity index (χ0n) is 9.38. The molecule has 1 aromatic carbocycles. The van der Waals surface area contributed by atoms with Crippen molar-refractivity contribution < 1.29 is 9.18 Å². The van der Waals surface area contributed by atoms with E-state index >= 15 is 0 Å². The number of nitrogens with one attached hydrogen (secondary N) is 1. The molecule has 4 heteroatoms. The third kappa shape index (κ3) is 2.01. The van der Waals surface area contributed by atoms with Gasteiger partial charge in [0.2, 0.25) is 0 Å². The lowest BCUT2D eigenvalue weighted by Gasteiger charge is -2.08. The summed E-state index contributed by atoms with van der Waals surface area (Å²) in [6.45, 7) is 4.15. The number of carbonyl (C=O) groups is 1. The van der Waals surface area contributed by atoms with Crippen LogP contribution in [0, 0.1) is 11.2 Å². The number of hydrogen-bond donors (Lipinski definition) is 2. The minimum absolute atomic E-state index is 0.151. The summed E-state index contributed by atoms with van der Waals surface area (Å²) in [5.74, 6) is -0.748. The van der Waals surface area contributed by atoms with Crippen molar-refractivity contribution in [3.63, 3.8) is 0 Å². The fraction of sp³-hybridized carbons (Fsp3) is 0.417. The first-order valence-electron chi connectivity index (χ1n) is 5.26. The predicted octanol–water partition coefficient (Wildman–Crippen LogP) is 1.94. The smallest absolute Gasteiger partial charge is 0.253 e. The molecule has 0 aliphatic heterocycles. The highest BCUT2D eigenvalue weighted by molar-refractivity contribution is 5.99. The Morgan fingerprint density at radius 1 is 1.56 bits per heavy atom. The predicted molar refractivity (Wildman–Crippen MR) is 60.5 cm³/mol. The van der Waals surface area contributed by atoms with Gasteiger partial charge in [0.25, 0.3) is 5.91 Å². The van der Waals surface area contributed by atoms with Crippen LogP contribution in [0.5, 0.6) is 0 Å². The van der Waals surface area contributed by atoms with Crippen LogP contribution in [0.25, 0.3) is 0 Å². The molecule has 1 aliphatic carbocycles. The summed E-state index contributed by atoms with van der Waals surface area (Å²) >= 11 is 0. The lowest BCUT2D eigenvalue weighted by atomic mass is 10.1. The third-order valence-electron chi connectivity index (χ3n) is 3.08. The van der Waals surface area contributed by atoms with E-state index in [1.165, 1.54) is 18.2 Å². The second-order valence-electron chi connectivity index (χ2n) is 4.95. The number of amides is 1. The van der Waals surface area contributed by atoms with E-state index in [2.05, 4.69) is 19.2 Å². The topological polar surface area (TPSA) is 55.1 Å². The molecule has 1 unspecified atom stereocenters. The molecular weight excluding hydrogens is 207 g/mol. The molecule has 1 aromatic rings. The second kappa shape index (κ2) is 3.47. The Morgan fingerprint density at radius 2 is 2.19 bits per heavy atom. The van der Waals surface area contributed by atoms with Crippen molar-refractivity contribution >= 4 is 11.6 Å². The first kappa shape index (κ1) is 10.9. The molecule has 0 bridgehead atoms. The fourth-order valence-electron chi connectivity index (χ4n) is 1.67. The highest BCUT2D eigenvalue weighted by Crippen LogP contribution is 2.44. The Bertz CT molecular complexity index is 443. The second-order valence-corrected chi connectivity index (χ2v) is 4.95. The first-order valence-corrected chi connectivity index (χ1v) is 5.26. The van der Waals surface area contributed by atoms with Gasteiger partial charge in [-0.3, -0.25) is 4.79 Å². The molecule has 16 heavy (non-hydrogen) atoms. The van der Waals surface area contributed by atoms with Crippen LogP contribution in [0.1, 0.15) is 30.6 Å². The Labute approximate surface area is 93.8 Å². The molecule has 3 nitrogen and oxygen atoms in total. The number of anilines is 1. The highest BCUT2D eigenvalue weighted by Gasteiger charge is 2.46. The molecule has 0 heterocycles. The molecular formula is C12H15FN2O. The van der Waals surface area contributed by atoms with E-state index in [0.29, 0.717) is 5.69 Å². The van der Waals surface area contributed by atoms with Crippen molar-refractivity contribution in [3.8, 4) is 0 Å². The van der Waals surface area contributed by atoms with Crippen molar-refractivity contribution in [3.05, 3.63) is 29.6 Å². The number of benzene rings is 1. The summed E-state index contributed by atoms with van der Waals surface area (Å²) in [6.07, 6.45) is 0.952. The lowest BCUT2D eigenvalue weighted by Crippen LogP contribution is -2.29. The normalized spacial score (nSPS) is 21.6. The summed E-state index contributed by atoms with van der Waals surface area (Å²) in [7, 11) is 0. The van der Waals surface area contributed by atoms with Gasteiger partial charge in [-0.15, -0.1) is 0 Å². The third-order valence-corrected chi connectivity index (χ3v) is 3.08. The van der Waals surface area contributed by atoms with Gasteiger partial charge >= 0.3 is 0 Å². The largest absolute Gasteiger partial charge is 0.398 e. The Hall–Kier alpha value is -1.58. The number of nitrogen functional groups attached to an aromatic ring is 1. The van der Waals surface area contributed by atoms with Gasteiger partial charge < -0.3 is 11.1 Å². The van der Waals surface area contributed by atoms with Crippen LogP contribution in [0.15, 0.2) is 18.2 Å². The molecule has 1 fully saturated rings. The van der Waals surface area contributed by atoms with Gasteiger partial charge in [-0.1, -0.05) is 13.8 Å². The van der Waals surface area contributed by atoms with Gasteiger partial charge in [0.15, 0.2) is 0 Å². The maximum Gasteiger partial charge on any atom is 0.253 e. The van der Waals surface area contributed by atoms with Crippen LogP contribution in [0.3, 0.4) is 0 Å². The van der Waals surface area contributed by atoms with Gasteiger partial charge in [0.1, 0.15) is 5.82 Å². The summed E-state index contributed by atoms with van der Waals surface area (Å²) < 4.78 is 13.0. The first-order chi connectivity index (χ1) is 7.40. The van der Waals surface area contributed by atoms with Crippen LogP contribution in [0.4, 0.5) is 10.1 Å². The van der Waals surface area contributed by atoms with Crippen LogP contribution in [0.2, 0.25) is 0 Å². The number of carbonyl (C=O) groups excluding carboxylic acids is 1. The van der Waals surface area contributed by atoms with E-state index in [1.807, 2.05) is 0 Å². The van der Waals surface area contributed by atoms with Crippen molar-refractivity contribution in [2.24, 2.45) is 5.41 Å². The average molecular weight is 222 g/mol. The summed E-state index contributed by atoms with van der Waals surface area (Å²) in [5.41, 5.74) is 6.29. The SMILES string of the molecule is CC1(C)CC1NC(=O)c1cc(F)ccc1N. The van der Waals surface area contributed by atoms with Crippen molar-refractivity contribution in [2.75, 3.05) is 5.73 Å². The van der Waals surface area contributed by atoms with Gasteiger partial charge in [0.05, 0.1) is 5.56 Å². The molecule has 1 saturated carbocycles. The summed E-state index contributed by atoms with van der Waals surface area (Å²) in [5, 5.41) is 2.84. The van der Waals surface area contributed by atoms with Crippen LogP contribution in [-0.2, 0) is 0 Å². The monoisotopic (exact) mass is 222 g/mol. The van der Waals surface area contributed by atoms with E-state index < -0.39 is 5.82 Å². The van der Waals surface area contributed by atoms with E-state index in [-0.39, 0.29) is 22.9 Å². The molecule has 1 atom stereocenters. The van der Waals surface area contributed by atoms with Crippen molar-refractivity contribution in [1.82, 2.24) is 5.32 Å². The summed E-state index contributed by atoms with van der Waals surface area (Å²) in [4.78, 5) is 11.8. The van der Waals surface area contributed by atoms with Crippen molar-refractivity contribution in [1.29, 1.82) is 0 Å². The molecule has 1 amide bonds. The highest BCUT2D eigenvalue weighted by atomic mass is 19.1. The minimum Gasteiger partial charge on any atom is -0.398 e.